The number of H-pyrrole nitrogens is 1. The molecule has 150 valence electrons. The monoisotopic (exact) mass is 444 g/mol. The Morgan fingerprint density at radius 1 is 0.897 bits per heavy atom. The molecule has 3 aromatic rings. The second-order valence-corrected chi connectivity index (χ2v) is 7.58. The second-order valence-electron chi connectivity index (χ2n) is 5.65. The summed E-state index contributed by atoms with van der Waals surface area (Å²) in [6, 6.07) is 8.87. The van der Waals surface area contributed by atoms with Crippen molar-refractivity contribution in [2.45, 2.75) is 16.8 Å². The van der Waals surface area contributed by atoms with Crippen molar-refractivity contribution in [2.24, 2.45) is 0 Å². The summed E-state index contributed by atoms with van der Waals surface area (Å²) < 4.78 is 103. The average Bonchev–Trinajstić information content (AvgIpc) is 3.08. The van der Waals surface area contributed by atoms with Crippen molar-refractivity contribution >= 4 is 9.84 Å². The first kappa shape index (κ1) is 23.5. The summed E-state index contributed by atoms with van der Waals surface area (Å²) in [6.45, 7) is 0. The Bertz CT molecular complexity index is 1040. The summed E-state index contributed by atoms with van der Waals surface area (Å²) in [5.41, 5.74) is -0.0840. The minimum atomic E-state index is -5.87. The van der Waals surface area contributed by atoms with Crippen LogP contribution in [0.3, 0.4) is 0 Å². The minimum absolute atomic E-state index is 0. The van der Waals surface area contributed by atoms with Crippen LogP contribution in [0, 0.1) is 11.6 Å². The van der Waals surface area contributed by atoms with Crippen LogP contribution in [-0.4, -0.2) is 30.1 Å². The van der Waals surface area contributed by atoms with Gasteiger partial charge in [0.1, 0.15) is 11.6 Å². The molecule has 0 spiro atoms. The number of aromatic nitrogens is 2. The van der Waals surface area contributed by atoms with E-state index in [4.69, 9.17) is 0 Å². The van der Waals surface area contributed by atoms with Gasteiger partial charge in [-0.15, -0.1) is 0 Å². The molecule has 0 unspecified atom stereocenters. The topological polar surface area (TPSA) is 62.8 Å². The quantitative estimate of drug-likeness (QED) is 0.482. The molecule has 3 rings (SSSR count). The molecule has 0 aliphatic heterocycles. The Hall–Kier alpha value is -1.82. The van der Waals surface area contributed by atoms with E-state index in [1.165, 1.54) is 24.3 Å². The molecule has 29 heavy (non-hydrogen) atoms. The van der Waals surface area contributed by atoms with Gasteiger partial charge in [-0.05, 0) is 48.5 Å². The summed E-state index contributed by atoms with van der Waals surface area (Å²) in [4.78, 5) is 5.66. The molecule has 1 heterocycles. The molecule has 1 N–H and O–H groups in total. The maximum Gasteiger partial charge on any atom is 1.00 e. The SMILES string of the molecule is O=S(=O)(c1nc(-c2ccc(F)cc2)c(-c2ccc(F)cc2)[nH]1)C(F)(F)C(F)F.[H-].[Na+]. The molecule has 0 bridgehead atoms. The van der Waals surface area contributed by atoms with Crippen LogP contribution in [0.25, 0.3) is 22.5 Å². The third-order valence-corrected chi connectivity index (χ3v) is 5.40. The fraction of sp³-hybridized carbons (Fsp3) is 0.118. The summed E-state index contributed by atoms with van der Waals surface area (Å²) in [5.74, 6) is -1.25. The van der Waals surface area contributed by atoms with Crippen molar-refractivity contribution in [2.75, 3.05) is 0 Å². The Balaban J connectivity index is 0.00000225. The van der Waals surface area contributed by atoms with Crippen LogP contribution < -0.4 is 29.6 Å². The standard InChI is InChI=1S/C17H10F6N2O2S.Na.H/c18-11-5-1-9(2-6-11)13-14(10-3-7-12(19)8-4-10)25-16(24-13)28(26,27)17(22,23)15(20)21;;/h1-8,15H,(H,24,25);;/q;+1;-1. The number of hydrogen-bond acceptors (Lipinski definition) is 3. The number of imidazole rings is 1. The van der Waals surface area contributed by atoms with Crippen molar-refractivity contribution in [3.8, 4) is 22.5 Å². The molecule has 0 saturated carbocycles. The third-order valence-electron chi connectivity index (χ3n) is 3.80. The number of sulfone groups is 1. The molecule has 0 radical (unpaired) electrons. The predicted molar refractivity (Wildman–Crippen MR) is 88.6 cm³/mol. The van der Waals surface area contributed by atoms with Gasteiger partial charge >= 0.3 is 41.2 Å². The number of nitrogens with one attached hydrogen (secondary N) is 1. The van der Waals surface area contributed by atoms with E-state index in [-0.39, 0.29) is 53.5 Å². The summed E-state index contributed by atoms with van der Waals surface area (Å²) >= 11 is 0. The zero-order valence-corrected chi connectivity index (χ0v) is 17.5. The fourth-order valence-electron chi connectivity index (χ4n) is 2.37. The van der Waals surface area contributed by atoms with E-state index < -0.39 is 38.3 Å². The molecule has 0 aliphatic carbocycles. The van der Waals surface area contributed by atoms with Gasteiger partial charge in [0, 0.05) is 11.1 Å². The van der Waals surface area contributed by atoms with Gasteiger partial charge in [0.15, 0.2) is 0 Å². The minimum Gasteiger partial charge on any atom is -1.00 e. The molecule has 0 fully saturated rings. The van der Waals surface area contributed by atoms with E-state index in [0.717, 1.165) is 24.3 Å². The Morgan fingerprint density at radius 2 is 1.34 bits per heavy atom. The predicted octanol–water partition coefficient (Wildman–Crippen LogP) is 1.77. The second kappa shape index (κ2) is 8.50. The zero-order valence-electron chi connectivity index (χ0n) is 15.6. The summed E-state index contributed by atoms with van der Waals surface area (Å²) in [5, 5.41) is -6.78. The number of rotatable bonds is 5. The first-order valence-electron chi connectivity index (χ1n) is 7.56. The van der Waals surface area contributed by atoms with Gasteiger partial charge in [0.25, 0.3) is 9.84 Å². The maximum atomic E-state index is 13.6. The molecule has 0 atom stereocenters. The molecule has 1 aromatic heterocycles. The van der Waals surface area contributed by atoms with Crippen molar-refractivity contribution in [3.05, 3.63) is 60.2 Å². The van der Waals surface area contributed by atoms with E-state index in [9.17, 15) is 34.8 Å². The van der Waals surface area contributed by atoms with Crippen LogP contribution in [0.2, 0.25) is 0 Å². The molecular weight excluding hydrogens is 433 g/mol. The third kappa shape index (κ3) is 4.37. The molecule has 2 aromatic carbocycles. The van der Waals surface area contributed by atoms with Gasteiger partial charge in [0.2, 0.25) is 5.16 Å². The van der Waals surface area contributed by atoms with Crippen LogP contribution in [-0.2, 0) is 9.84 Å². The molecule has 0 aliphatic rings. The molecule has 0 amide bonds. The van der Waals surface area contributed by atoms with Gasteiger partial charge < -0.3 is 6.41 Å². The molecule has 0 saturated heterocycles. The number of aromatic amines is 1. The first-order chi connectivity index (χ1) is 13.0. The van der Waals surface area contributed by atoms with E-state index >= 15 is 0 Å². The van der Waals surface area contributed by atoms with Gasteiger partial charge in [-0.3, -0.25) is 0 Å². The number of nitrogens with zero attached hydrogens (tertiary/aromatic N) is 1. The molecule has 12 heteroatoms. The van der Waals surface area contributed by atoms with Crippen LogP contribution in [0.1, 0.15) is 1.43 Å². The van der Waals surface area contributed by atoms with Crippen LogP contribution in [0.4, 0.5) is 26.3 Å². The van der Waals surface area contributed by atoms with E-state index in [2.05, 4.69) is 9.97 Å². The smallest absolute Gasteiger partial charge is 1.00 e. The maximum absolute atomic E-state index is 13.6. The van der Waals surface area contributed by atoms with E-state index in [1.807, 2.05) is 0 Å². The molecule has 4 nitrogen and oxygen atoms in total. The van der Waals surface area contributed by atoms with Crippen molar-refractivity contribution in [1.29, 1.82) is 0 Å². The Labute approximate surface area is 184 Å². The first-order valence-corrected chi connectivity index (χ1v) is 9.05. The van der Waals surface area contributed by atoms with E-state index in [0.29, 0.717) is 0 Å². The average molecular weight is 444 g/mol. The van der Waals surface area contributed by atoms with Gasteiger partial charge in [-0.1, -0.05) is 0 Å². The van der Waals surface area contributed by atoms with Crippen LogP contribution in [0.15, 0.2) is 53.7 Å². The number of benzene rings is 2. The van der Waals surface area contributed by atoms with Gasteiger partial charge in [0.05, 0.1) is 11.4 Å². The number of hydrogen-bond donors (Lipinski definition) is 1. The normalized spacial score (nSPS) is 12.1. The van der Waals surface area contributed by atoms with Gasteiger partial charge in [-0.2, -0.15) is 8.78 Å². The number of alkyl halides is 4. The van der Waals surface area contributed by atoms with Crippen LogP contribution >= 0.6 is 0 Å². The summed E-state index contributed by atoms with van der Waals surface area (Å²) in [6.07, 6.45) is -4.48. The van der Waals surface area contributed by atoms with Gasteiger partial charge in [-0.25, -0.2) is 31.0 Å². The largest absolute Gasteiger partial charge is 1.00 e. The van der Waals surface area contributed by atoms with Crippen molar-refractivity contribution in [1.82, 2.24) is 9.97 Å². The Kier molecular flexibility index (Phi) is 6.88. The number of halogens is 6. The Morgan fingerprint density at radius 3 is 1.79 bits per heavy atom. The molecular formula is C17H11F6N2NaO2S. The summed E-state index contributed by atoms with van der Waals surface area (Å²) in [7, 11) is -5.87. The van der Waals surface area contributed by atoms with Crippen molar-refractivity contribution < 1.29 is 65.7 Å². The zero-order chi connectivity index (χ0) is 20.7. The van der Waals surface area contributed by atoms with Crippen molar-refractivity contribution in [3.63, 3.8) is 0 Å². The van der Waals surface area contributed by atoms with Crippen LogP contribution in [0.5, 0.6) is 0 Å². The van der Waals surface area contributed by atoms with E-state index in [1.54, 1.807) is 0 Å². The fourth-order valence-corrected chi connectivity index (χ4v) is 3.31.